The van der Waals surface area contributed by atoms with E-state index in [1.54, 1.807) is 31.4 Å². The molecule has 0 aliphatic carbocycles. The maximum absolute atomic E-state index is 14.3. The molecule has 2 aromatic carbocycles. The largest absolute Gasteiger partial charge is 0.496 e. The number of rotatable bonds is 5. The van der Waals surface area contributed by atoms with Gasteiger partial charge in [0.15, 0.2) is 0 Å². The van der Waals surface area contributed by atoms with Gasteiger partial charge in [-0.15, -0.1) is 0 Å². The first-order chi connectivity index (χ1) is 15.5. The maximum Gasteiger partial charge on any atom is 0.257 e. The SMILES string of the molecule is COc1ccccc1C(=O)N1CCN(c2nc(C)nc(C)c2Cc2ccccc2F)CC1. The first-order valence-electron chi connectivity index (χ1n) is 10.7. The van der Waals surface area contributed by atoms with Crippen LogP contribution < -0.4 is 9.64 Å². The van der Waals surface area contributed by atoms with Gasteiger partial charge in [-0.25, -0.2) is 14.4 Å². The molecule has 32 heavy (non-hydrogen) atoms. The minimum atomic E-state index is -0.231. The Morgan fingerprint density at radius 3 is 2.41 bits per heavy atom. The van der Waals surface area contributed by atoms with Crippen LogP contribution in [0.4, 0.5) is 10.2 Å². The maximum atomic E-state index is 14.3. The summed E-state index contributed by atoms with van der Waals surface area (Å²) in [6.45, 7) is 6.22. The zero-order valence-corrected chi connectivity index (χ0v) is 18.6. The van der Waals surface area contributed by atoms with Crippen LogP contribution in [0.25, 0.3) is 0 Å². The Morgan fingerprint density at radius 2 is 1.69 bits per heavy atom. The molecule has 1 aliphatic heterocycles. The van der Waals surface area contributed by atoms with Crippen LogP contribution in [-0.2, 0) is 6.42 Å². The molecule has 1 amide bonds. The Balaban J connectivity index is 1.55. The molecule has 1 aliphatic rings. The number of ether oxygens (including phenoxy) is 1. The number of piperazine rings is 1. The smallest absolute Gasteiger partial charge is 0.257 e. The molecule has 0 radical (unpaired) electrons. The van der Waals surface area contributed by atoms with E-state index in [4.69, 9.17) is 9.72 Å². The van der Waals surface area contributed by atoms with E-state index in [-0.39, 0.29) is 11.7 Å². The molecule has 1 aromatic heterocycles. The number of anilines is 1. The average Bonchev–Trinajstić information content (AvgIpc) is 2.81. The van der Waals surface area contributed by atoms with Gasteiger partial charge in [0.05, 0.1) is 12.7 Å². The third-order valence-electron chi connectivity index (χ3n) is 5.83. The summed E-state index contributed by atoms with van der Waals surface area (Å²) in [7, 11) is 1.57. The highest BCUT2D eigenvalue weighted by atomic mass is 19.1. The van der Waals surface area contributed by atoms with Crippen molar-refractivity contribution in [2.75, 3.05) is 38.2 Å². The Hall–Kier alpha value is -3.48. The van der Waals surface area contributed by atoms with Crippen molar-refractivity contribution in [3.05, 3.63) is 82.6 Å². The van der Waals surface area contributed by atoms with E-state index in [1.807, 2.05) is 36.9 Å². The summed E-state index contributed by atoms with van der Waals surface area (Å²) in [5, 5.41) is 0. The highest BCUT2D eigenvalue weighted by Crippen LogP contribution is 2.27. The van der Waals surface area contributed by atoms with Gasteiger partial charge in [0.1, 0.15) is 23.2 Å². The molecule has 0 unspecified atom stereocenters. The molecule has 1 fully saturated rings. The van der Waals surface area contributed by atoms with E-state index in [9.17, 15) is 9.18 Å². The second kappa shape index (κ2) is 9.34. The van der Waals surface area contributed by atoms with Gasteiger partial charge in [-0.3, -0.25) is 4.79 Å². The predicted octanol–water partition coefficient (Wildman–Crippen LogP) is 3.79. The van der Waals surface area contributed by atoms with Crippen molar-refractivity contribution in [2.45, 2.75) is 20.3 Å². The number of carbonyl (C=O) groups is 1. The summed E-state index contributed by atoms with van der Waals surface area (Å²) in [6.07, 6.45) is 0.425. The first kappa shape index (κ1) is 21.7. The molecule has 0 N–H and O–H groups in total. The number of hydrogen-bond donors (Lipinski definition) is 0. The fraction of sp³-hybridized carbons (Fsp3) is 0.320. The van der Waals surface area contributed by atoms with Crippen LogP contribution in [0.15, 0.2) is 48.5 Å². The number of methoxy groups -OCH3 is 1. The van der Waals surface area contributed by atoms with Gasteiger partial charge in [0.25, 0.3) is 5.91 Å². The quantitative estimate of drug-likeness (QED) is 0.612. The third-order valence-corrected chi connectivity index (χ3v) is 5.83. The van der Waals surface area contributed by atoms with Crippen molar-refractivity contribution in [3.63, 3.8) is 0 Å². The highest BCUT2D eigenvalue weighted by Gasteiger charge is 2.27. The van der Waals surface area contributed by atoms with E-state index in [1.165, 1.54) is 6.07 Å². The molecular weight excluding hydrogens is 407 g/mol. The predicted molar refractivity (Wildman–Crippen MR) is 122 cm³/mol. The molecule has 0 bridgehead atoms. The molecule has 166 valence electrons. The number of aryl methyl sites for hydroxylation is 2. The normalized spacial score (nSPS) is 13.9. The molecular formula is C25H27FN4O2. The number of halogens is 1. The van der Waals surface area contributed by atoms with Gasteiger partial charge < -0.3 is 14.5 Å². The monoisotopic (exact) mass is 434 g/mol. The zero-order valence-electron chi connectivity index (χ0n) is 18.6. The topological polar surface area (TPSA) is 58.6 Å². The van der Waals surface area contributed by atoms with E-state index in [0.717, 1.165) is 17.1 Å². The van der Waals surface area contributed by atoms with Crippen molar-refractivity contribution in [3.8, 4) is 5.75 Å². The standard InChI is InChI=1S/C25H27FN4O2/c1-17-21(16-19-8-4-6-10-22(19)26)24(28-18(2)27-17)29-12-14-30(15-13-29)25(31)20-9-5-7-11-23(20)32-3/h4-11H,12-16H2,1-3H3. The van der Waals surface area contributed by atoms with Gasteiger partial charge in [0, 0.05) is 43.9 Å². The van der Waals surface area contributed by atoms with Crippen LogP contribution in [0.1, 0.15) is 33.0 Å². The zero-order chi connectivity index (χ0) is 22.7. The number of para-hydroxylation sites is 1. The lowest BCUT2D eigenvalue weighted by molar-refractivity contribution is 0.0743. The Morgan fingerprint density at radius 1 is 1.00 bits per heavy atom. The second-order valence-electron chi connectivity index (χ2n) is 7.91. The summed E-state index contributed by atoms with van der Waals surface area (Å²) in [6, 6.07) is 14.1. The number of nitrogens with zero attached hydrogens (tertiary/aromatic N) is 4. The van der Waals surface area contributed by atoms with Crippen molar-refractivity contribution < 1.29 is 13.9 Å². The lowest BCUT2D eigenvalue weighted by atomic mass is 10.0. The number of aromatic nitrogens is 2. The Kier molecular flexibility index (Phi) is 6.35. The number of carbonyl (C=O) groups excluding carboxylic acids is 1. The first-order valence-corrected chi connectivity index (χ1v) is 10.7. The van der Waals surface area contributed by atoms with Gasteiger partial charge in [-0.05, 0) is 37.6 Å². The fourth-order valence-electron chi connectivity index (χ4n) is 4.13. The molecule has 4 rings (SSSR count). The second-order valence-corrected chi connectivity index (χ2v) is 7.91. The van der Waals surface area contributed by atoms with Gasteiger partial charge in [0.2, 0.25) is 0 Å². The summed E-state index contributed by atoms with van der Waals surface area (Å²) in [5.41, 5.74) is 2.96. The molecule has 2 heterocycles. The molecule has 0 saturated carbocycles. The van der Waals surface area contributed by atoms with Crippen molar-refractivity contribution in [1.82, 2.24) is 14.9 Å². The van der Waals surface area contributed by atoms with E-state index in [2.05, 4.69) is 9.88 Å². The van der Waals surface area contributed by atoms with Crippen LogP contribution in [0.3, 0.4) is 0 Å². The van der Waals surface area contributed by atoms with Crippen LogP contribution in [0.5, 0.6) is 5.75 Å². The van der Waals surface area contributed by atoms with Crippen molar-refractivity contribution in [2.24, 2.45) is 0 Å². The van der Waals surface area contributed by atoms with Crippen LogP contribution in [0, 0.1) is 19.7 Å². The van der Waals surface area contributed by atoms with E-state index < -0.39 is 0 Å². The van der Waals surface area contributed by atoms with E-state index >= 15 is 0 Å². The summed E-state index contributed by atoms with van der Waals surface area (Å²) in [4.78, 5) is 26.3. The highest BCUT2D eigenvalue weighted by molar-refractivity contribution is 5.97. The average molecular weight is 435 g/mol. The Labute approximate surface area is 187 Å². The van der Waals surface area contributed by atoms with Gasteiger partial charge in [-0.1, -0.05) is 30.3 Å². The minimum Gasteiger partial charge on any atom is -0.496 e. The lowest BCUT2D eigenvalue weighted by Crippen LogP contribution is -2.49. The van der Waals surface area contributed by atoms with Gasteiger partial charge >= 0.3 is 0 Å². The molecule has 6 nitrogen and oxygen atoms in total. The lowest BCUT2D eigenvalue weighted by Gasteiger charge is -2.36. The van der Waals surface area contributed by atoms with Crippen molar-refractivity contribution >= 4 is 11.7 Å². The summed E-state index contributed by atoms with van der Waals surface area (Å²) in [5.74, 6) is 1.81. The molecule has 0 atom stereocenters. The van der Waals surface area contributed by atoms with Crippen LogP contribution in [0.2, 0.25) is 0 Å². The van der Waals surface area contributed by atoms with Crippen LogP contribution >= 0.6 is 0 Å². The molecule has 0 spiro atoms. The van der Waals surface area contributed by atoms with Crippen LogP contribution in [-0.4, -0.2) is 54.1 Å². The Bertz CT molecular complexity index is 1130. The molecule has 7 heteroatoms. The van der Waals surface area contributed by atoms with E-state index in [0.29, 0.717) is 55.3 Å². The number of hydrogen-bond acceptors (Lipinski definition) is 5. The van der Waals surface area contributed by atoms with Crippen molar-refractivity contribution in [1.29, 1.82) is 0 Å². The third kappa shape index (κ3) is 4.42. The summed E-state index contributed by atoms with van der Waals surface area (Å²) < 4.78 is 19.7. The molecule has 1 saturated heterocycles. The van der Waals surface area contributed by atoms with Gasteiger partial charge in [-0.2, -0.15) is 0 Å². The fourth-order valence-corrected chi connectivity index (χ4v) is 4.13. The summed E-state index contributed by atoms with van der Waals surface area (Å²) >= 11 is 0. The number of amides is 1. The number of benzene rings is 2. The molecule has 3 aromatic rings. The minimum absolute atomic E-state index is 0.0382.